The Morgan fingerprint density at radius 2 is 2.27 bits per heavy atom. The van der Waals surface area contributed by atoms with Crippen LogP contribution in [0.2, 0.25) is 0 Å². The Morgan fingerprint density at radius 3 is 2.73 bits per heavy atom. The van der Waals surface area contributed by atoms with Crippen LogP contribution < -0.4 is 0 Å². The zero-order valence-electron chi connectivity index (χ0n) is 7.72. The van der Waals surface area contributed by atoms with E-state index in [9.17, 15) is 4.21 Å². The predicted molar refractivity (Wildman–Crippen MR) is 50.1 cm³/mol. The van der Waals surface area contributed by atoms with Crippen molar-refractivity contribution in [2.45, 2.75) is 33.6 Å². The SMILES string of the molecule is CCC1(C)C[C@@H](C)C[S@@](=O)C1. The molecule has 0 aliphatic carbocycles. The first-order valence-corrected chi connectivity index (χ1v) is 5.89. The Kier molecular flexibility index (Phi) is 2.74. The fraction of sp³-hybridized carbons (Fsp3) is 1.00. The zero-order chi connectivity index (χ0) is 8.48. The van der Waals surface area contributed by atoms with E-state index in [0.29, 0.717) is 11.3 Å². The Labute approximate surface area is 72.0 Å². The van der Waals surface area contributed by atoms with Gasteiger partial charge in [0, 0.05) is 22.3 Å². The van der Waals surface area contributed by atoms with E-state index in [1.807, 2.05) is 0 Å². The molecule has 1 aliphatic rings. The third kappa shape index (κ3) is 2.29. The van der Waals surface area contributed by atoms with E-state index in [0.717, 1.165) is 11.5 Å². The quantitative estimate of drug-likeness (QED) is 0.595. The van der Waals surface area contributed by atoms with Crippen molar-refractivity contribution in [2.75, 3.05) is 11.5 Å². The minimum absolute atomic E-state index is 0.364. The van der Waals surface area contributed by atoms with E-state index in [4.69, 9.17) is 0 Å². The molecule has 1 nitrogen and oxygen atoms in total. The molecule has 1 aliphatic heterocycles. The van der Waals surface area contributed by atoms with Crippen LogP contribution in [0.1, 0.15) is 33.6 Å². The van der Waals surface area contributed by atoms with Crippen molar-refractivity contribution in [3.8, 4) is 0 Å². The van der Waals surface area contributed by atoms with Crippen LogP contribution in [-0.2, 0) is 10.8 Å². The second-order valence-corrected chi connectivity index (χ2v) is 5.73. The smallest absolute Gasteiger partial charge is 0.0288 e. The third-order valence-electron chi connectivity index (χ3n) is 2.67. The van der Waals surface area contributed by atoms with Gasteiger partial charge in [0.25, 0.3) is 0 Å². The topological polar surface area (TPSA) is 17.1 Å². The standard InChI is InChI=1S/C9H18OS/c1-4-9(3)5-8(2)6-11(10)7-9/h8H,4-7H2,1-3H3/t8-,9?,11-/m1/s1. The van der Waals surface area contributed by atoms with Gasteiger partial charge in [0.2, 0.25) is 0 Å². The molecule has 0 saturated carbocycles. The first-order chi connectivity index (χ1) is 5.06. The Hall–Kier alpha value is 0.150. The van der Waals surface area contributed by atoms with Gasteiger partial charge >= 0.3 is 0 Å². The van der Waals surface area contributed by atoms with Crippen molar-refractivity contribution in [3.05, 3.63) is 0 Å². The van der Waals surface area contributed by atoms with E-state index in [1.54, 1.807) is 0 Å². The molecular formula is C9H18OS. The Morgan fingerprint density at radius 1 is 1.64 bits per heavy atom. The van der Waals surface area contributed by atoms with Gasteiger partial charge in [-0.2, -0.15) is 0 Å². The minimum atomic E-state index is -0.540. The lowest BCUT2D eigenvalue weighted by Crippen LogP contribution is -2.34. The molecule has 3 atom stereocenters. The number of hydrogen-bond donors (Lipinski definition) is 0. The third-order valence-corrected chi connectivity index (χ3v) is 4.63. The minimum Gasteiger partial charge on any atom is -0.260 e. The predicted octanol–water partition coefficient (Wildman–Crippen LogP) is 2.19. The van der Waals surface area contributed by atoms with Crippen molar-refractivity contribution in [1.29, 1.82) is 0 Å². The molecule has 0 spiro atoms. The summed E-state index contributed by atoms with van der Waals surface area (Å²) in [7, 11) is -0.540. The molecule has 1 heterocycles. The molecule has 1 rings (SSSR count). The largest absolute Gasteiger partial charge is 0.260 e. The summed E-state index contributed by atoms with van der Waals surface area (Å²) < 4.78 is 11.4. The van der Waals surface area contributed by atoms with Crippen molar-refractivity contribution >= 4 is 10.8 Å². The van der Waals surface area contributed by atoms with Gasteiger partial charge in [-0.15, -0.1) is 0 Å². The summed E-state index contributed by atoms with van der Waals surface area (Å²) in [6, 6.07) is 0. The fourth-order valence-corrected chi connectivity index (χ4v) is 3.94. The summed E-state index contributed by atoms with van der Waals surface area (Å²) in [6.45, 7) is 6.68. The van der Waals surface area contributed by atoms with Crippen molar-refractivity contribution in [3.63, 3.8) is 0 Å². The number of rotatable bonds is 1. The second kappa shape index (κ2) is 3.26. The van der Waals surface area contributed by atoms with Gasteiger partial charge in [-0.25, -0.2) is 0 Å². The lowest BCUT2D eigenvalue weighted by atomic mass is 9.81. The summed E-state index contributed by atoms with van der Waals surface area (Å²) in [6.07, 6.45) is 2.43. The van der Waals surface area contributed by atoms with Crippen LogP contribution in [0.5, 0.6) is 0 Å². The summed E-state index contributed by atoms with van der Waals surface area (Å²) in [5, 5.41) is 0. The molecule has 0 aromatic carbocycles. The summed E-state index contributed by atoms with van der Waals surface area (Å²) in [5.74, 6) is 2.51. The molecule has 2 heteroatoms. The lowest BCUT2D eigenvalue weighted by molar-refractivity contribution is 0.271. The van der Waals surface area contributed by atoms with E-state index in [1.165, 1.54) is 12.8 Å². The van der Waals surface area contributed by atoms with Crippen LogP contribution in [0, 0.1) is 11.3 Å². The second-order valence-electron chi connectivity index (χ2n) is 4.22. The molecule has 66 valence electrons. The van der Waals surface area contributed by atoms with E-state index < -0.39 is 10.8 Å². The van der Waals surface area contributed by atoms with E-state index >= 15 is 0 Å². The van der Waals surface area contributed by atoms with Gasteiger partial charge in [0.15, 0.2) is 0 Å². The molecule has 1 fully saturated rings. The first kappa shape index (κ1) is 9.24. The monoisotopic (exact) mass is 174 g/mol. The zero-order valence-corrected chi connectivity index (χ0v) is 8.54. The molecule has 11 heavy (non-hydrogen) atoms. The van der Waals surface area contributed by atoms with Crippen molar-refractivity contribution in [2.24, 2.45) is 11.3 Å². The fourth-order valence-electron chi connectivity index (χ4n) is 1.97. The van der Waals surface area contributed by atoms with Gasteiger partial charge in [-0.05, 0) is 24.2 Å². The van der Waals surface area contributed by atoms with Gasteiger partial charge in [-0.1, -0.05) is 20.8 Å². The highest BCUT2D eigenvalue weighted by Gasteiger charge is 2.32. The van der Waals surface area contributed by atoms with E-state index in [-0.39, 0.29) is 0 Å². The first-order valence-electron chi connectivity index (χ1n) is 4.41. The van der Waals surface area contributed by atoms with Crippen LogP contribution in [0.25, 0.3) is 0 Å². The van der Waals surface area contributed by atoms with Gasteiger partial charge in [0.05, 0.1) is 0 Å². The molecule has 0 bridgehead atoms. The molecule has 0 N–H and O–H groups in total. The van der Waals surface area contributed by atoms with E-state index in [2.05, 4.69) is 20.8 Å². The molecule has 0 aromatic heterocycles. The highest BCUT2D eigenvalue weighted by molar-refractivity contribution is 7.85. The maximum atomic E-state index is 11.4. The van der Waals surface area contributed by atoms with Gasteiger partial charge in [-0.3, -0.25) is 4.21 Å². The van der Waals surface area contributed by atoms with Crippen LogP contribution in [0.3, 0.4) is 0 Å². The average Bonchev–Trinajstić information content (AvgIpc) is 1.84. The summed E-state index contributed by atoms with van der Waals surface area (Å²) >= 11 is 0. The normalized spacial score (nSPS) is 45.7. The van der Waals surface area contributed by atoms with Gasteiger partial charge in [0.1, 0.15) is 0 Å². The lowest BCUT2D eigenvalue weighted by Gasteiger charge is -2.35. The number of hydrogen-bond acceptors (Lipinski definition) is 1. The maximum Gasteiger partial charge on any atom is 0.0288 e. The highest BCUT2D eigenvalue weighted by atomic mass is 32.2. The van der Waals surface area contributed by atoms with Crippen LogP contribution >= 0.6 is 0 Å². The van der Waals surface area contributed by atoms with Crippen LogP contribution in [0.4, 0.5) is 0 Å². The van der Waals surface area contributed by atoms with Crippen molar-refractivity contribution < 1.29 is 4.21 Å². The van der Waals surface area contributed by atoms with Crippen molar-refractivity contribution in [1.82, 2.24) is 0 Å². The van der Waals surface area contributed by atoms with Crippen LogP contribution in [-0.4, -0.2) is 15.7 Å². The molecule has 1 saturated heterocycles. The van der Waals surface area contributed by atoms with Crippen LogP contribution in [0.15, 0.2) is 0 Å². The molecular weight excluding hydrogens is 156 g/mol. The highest BCUT2D eigenvalue weighted by Crippen LogP contribution is 2.35. The molecule has 0 amide bonds. The van der Waals surface area contributed by atoms with Gasteiger partial charge < -0.3 is 0 Å². The summed E-state index contributed by atoms with van der Waals surface area (Å²) in [5.41, 5.74) is 0.364. The molecule has 0 radical (unpaired) electrons. The Bertz CT molecular complexity index is 167. The Balaban J connectivity index is 2.62. The molecule has 0 aromatic rings. The summed E-state index contributed by atoms with van der Waals surface area (Å²) in [4.78, 5) is 0. The molecule has 1 unspecified atom stereocenters. The average molecular weight is 174 g/mol. The maximum absolute atomic E-state index is 11.4.